The number of hydrogen-bond donors (Lipinski definition) is 1. The standard InChI is InChI=1S/C28H34ClN5O4/c1-18(7-8-19(2)37-6)16-34-17-28(10-13-33(14-11-28)26(36)38-27(3,4)5)23-20(24(34)35)15-22(31-23)21-9-12-30-25(29)32-21/h7-9,12,15,31H,1-2,10-11,13-14,16-17H2,3-6H3/b8-7-. The second-order valence-corrected chi connectivity index (χ2v) is 11.1. The van der Waals surface area contributed by atoms with Crippen LogP contribution in [0.1, 0.15) is 49.7 Å². The van der Waals surface area contributed by atoms with E-state index in [1.54, 1.807) is 36.4 Å². The zero-order valence-electron chi connectivity index (χ0n) is 22.3. The number of methoxy groups -OCH3 is 1. The summed E-state index contributed by atoms with van der Waals surface area (Å²) in [6.45, 7) is 15.4. The molecule has 0 atom stereocenters. The van der Waals surface area contributed by atoms with E-state index in [9.17, 15) is 9.59 Å². The summed E-state index contributed by atoms with van der Waals surface area (Å²) in [4.78, 5) is 41.7. The minimum atomic E-state index is -0.567. The minimum absolute atomic E-state index is 0.0945. The third kappa shape index (κ3) is 5.93. The highest BCUT2D eigenvalue weighted by molar-refractivity contribution is 6.28. The van der Waals surface area contributed by atoms with Crippen molar-refractivity contribution >= 4 is 23.6 Å². The molecule has 9 nitrogen and oxygen atoms in total. The van der Waals surface area contributed by atoms with Crippen molar-refractivity contribution in [2.75, 3.05) is 33.3 Å². The lowest BCUT2D eigenvalue weighted by molar-refractivity contribution is 0.0126. The molecular weight excluding hydrogens is 506 g/mol. The lowest BCUT2D eigenvalue weighted by Crippen LogP contribution is -2.55. The highest BCUT2D eigenvalue weighted by Crippen LogP contribution is 2.43. The molecule has 2 amide bonds. The van der Waals surface area contributed by atoms with Gasteiger partial charge in [-0.3, -0.25) is 4.79 Å². The second kappa shape index (κ2) is 10.6. The van der Waals surface area contributed by atoms with Crippen LogP contribution in [0, 0.1) is 0 Å². The highest BCUT2D eigenvalue weighted by Gasteiger charge is 2.47. The number of aromatic nitrogens is 3. The average molecular weight is 540 g/mol. The van der Waals surface area contributed by atoms with Crippen molar-refractivity contribution in [2.45, 2.75) is 44.6 Å². The normalized spacial score (nSPS) is 17.0. The second-order valence-electron chi connectivity index (χ2n) is 10.8. The quantitative estimate of drug-likeness (QED) is 0.310. The van der Waals surface area contributed by atoms with E-state index in [1.165, 1.54) is 0 Å². The lowest BCUT2D eigenvalue weighted by atomic mass is 9.72. The Hall–Kier alpha value is -3.59. The molecule has 0 aliphatic carbocycles. The van der Waals surface area contributed by atoms with Crippen LogP contribution in [-0.2, 0) is 14.9 Å². The van der Waals surface area contributed by atoms with Gasteiger partial charge in [0, 0.05) is 43.5 Å². The van der Waals surface area contributed by atoms with E-state index >= 15 is 0 Å². The number of nitrogens with one attached hydrogen (secondary N) is 1. The smallest absolute Gasteiger partial charge is 0.410 e. The summed E-state index contributed by atoms with van der Waals surface area (Å²) in [5.74, 6) is 0.408. The molecule has 1 fully saturated rings. The number of H-pyrrole nitrogens is 1. The molecule has 0 radical (unpaired) electrons. The fourth-order valence-electron chi connectivity index (χ4n) is 4.91. The van der Waals surface area contributed by atoms with Gasteiger partial charge >= 0.3 is 6.09 Å². The first kappa shape index (κ1) is 27.4. The molecule has 1 saturated heterocycles. The van der Waals surface area contributed by atoms with Crippen molar-refractivity contribution in [1.29, 1.82) is 0 Å². The largest absolute Gasteiger partial charge is 0.497 e. The van der Waals surface area contributed by atoms with Crippen molar-refractivity contribution in [3.8, 4) is 11.4 Å². The average Bonchev–Trinajstić information content (AvgIpc) is 3.32. The molecule has 1 N–H and O–H groups in total. The molecule has 1 spiro atoms. The Bertz CT molecular complexity index is 1280. The Kier molecular flexibility index (Phi) is 7.69. The number of likely N-dealkylation sites (tertiary alicyclic amines) is 1. The summed E-state index contributed by atoms with van der Waals surface area (Å²) in [5, 5.41) is 0.129. The fourth-order valence-corrected chi connectivity index (χ4v) is 5.05. The van der Waals surface area contributed by atoms with Gasteiger partial charge in [0.15, 0.2) is 0 Å². The van der Waals surface area contributed by atoms with E-state index in [4.69, 9.17) is 21.1 Å². The van der Waals surface area contributed by atoms with Gasteiger partial charge in [-0.05, 0) is 69.0 Å². The van der Waals surface area contributed by atoms with Crippen LogP contribution in [0.3, 0.4) is 0 Å². The summed E-state index contributed by atoms with van der Waals surface area (Å²) in [7, 11) is 1.55. The summed E-state index contributed by atoms with van der Waals surface area (Å²) >= 11 is 6.03. The van der Waals surface area contributed by atoms with Crippen molar-refractivity contribution in [3.63, 3.8) is 0 Å². The van der Waals surface area contributed by atoms with Crippen molar-refractivity contribution in [2.24, 2.45) is 0 Å². The molecule has 0 saturated carbocycles. The third-order valence-electron chi connectivity index (χ3n) is 6.79. The van der Waals surface area contributed by atoms with Gasteiger partial charge in [-0.1, -0.05) is 19.2 Å². The van der Waals surface area contributed by atoms with Gasteiger partial charge in [0.1, 0.15) is 11.4 Å². The fraction of sp³-hybridized carbons (Fsp3) is 0.429. The first-order valence-electron chi connectivity index (χ1n) is 12.5. The highest BCUT2D eigenvalue weighted by atomic mass is 35.5. The molecule has 0 unspecified atom stereocenters. The number of piperidine rings is 1. The van der Waals surface area contributed by atoms with Gasteiger partial charge in [0.2, 0.25) is 5.28 Å². The molecule has 2 aromatic heterocycles. The maximum absolute atomic E-state index is 13.7. The lowest BCUT2D eigenvalue weighted by Gasteiger charge is -2.47. The van der Waals surface area contributed by atoms with Crippen LogP contribution in [0.25, 0.3) is 11.4 Å². The van der Waals surface area contributed by atoms with Crippen molar-refractivity contribution < 1.29 is 19.1 Å². The van der Waals surface area contributed by atoms with Gasteiger partial charge in [0.05, 0.1) is 24.1 Å². The third-order valence-corrected chi connectivity index (χ3v) is 6.98. The Labute approximate surface area is 228 Å². The van der Waals surface area contributed by atoms with E-state index in [2.05, 4.69) is 28.1 Å². The van der Waals surface area contributed by atoms with Crippen LogP contribution in [0.5, 0.6) is 0 Å². The van der Waals surface area contributed by atoms with Crippen LogP contribution in [0.2, 0.25) is 5.28 Å². The van der Waals surface area contributed by atoms with Gasteiger partial charge in [-0.2, -0.15) is 0 Å². The number of rotatable bonds is 6. The number of fused-ring (bicyclic) bond motifs is 2. The van der Waals surface area contributed by atoms with E-state index in [-0.39, 0.29) is 22.7 Å². The Morgan fingerprint density at radius 1 is 1.26 bits per heavy atom. The Balaban J connectivity index is 1.65. The number of aromatic amines is 1. The molecule has 202 valence electrons. The number of carbonyl (C=O) groups excluding carboxylic acids is 2. The zero-order valence-corrected chi connectivity index (χ0v) is 23.1. The molecule has 4 rings (SSSR count). The maximum Gasteiger partial charge on any atom is 0.410 e. The molecule has 38 heavy (non-hydrogen) atoms. The van der Waals surface area contributed by atoms with Gasteiger partial charge in [-0.15, -0.1) is 0 Å². The van der Waals surface area contributed by atoms with Crippen LogP contribution < -0.4 is 0 Å². The predicted octanol–water partition coefficient (Wildman–Crippen LogP) is 5.12. The van der Waals surface area contributed by atoms with Crippen LogP contribution >= 0.6 is 11.6 Å². The number of carbonyl (C=O) groups is 2. The van der Waals surface area contributed by atoms with Crippen LogP contribution in [0.4, 0.5) is 4.79 Å². The van der Waals surface area contributed by atoms with Gasteiger partial charge in [-0.25, -0.2) is 14.8 Å². The SMILES string of the molecule is C=C(/C=C\C(=C)OC)CN1CC2(CCN(C(=O)OC(C)(C)C)CC2)c2[nH]c(-c3ccnc(Cl)n3)cc2C1=O. The number of nitrogens with zero attached hydrogens (tertiary/aromatic N) is 4. The zero-order chi connectivity index (χ0) is 27.7. The number of halogens is 1. The first-order valence-corrected chi connectivity index (χ1v) is 12.9. The minimum Gasteiger partial charge on any atom is -0.497 e. The monoisotopic (exact) mass is 539 g/mol. The summed E-state index contributed by atoms with van der Waals surface area (Å²) in [5.41, 5.74) is 2.55. The maximum atomic E-state index is 13.7. The molecule has 2 aliphatic rings. The first-order chi connectivity index (χ1) is 17.9. The number of amides is 2. The predicted molar refractivity (Wildman–Crippen MR) is 146 cm³/mol. The topological polar surface area (TPSA) is 101 Å². The van der Waals surface area contributed by atoms with E-state index < -0.39 is 5.60 Å². The number of hydrogen-bond acceptors (Lipinski definition) is 6. The van der Waals surface area contributed by atoms with E-state index in [0.717, 1.165) is 11.3 Å². The molecule has 2 aromatic rings. The van der Waals surface area contributed by atoms with Gasteiger partial charge < -0.3 is 24.3 Å². The molecule has 4 heterocycles. The number of allylic oxidation sites excluding steroid dienone is 1. The molecule has 10 heteroatoms. The van der Waals surface area contributed by atoms with E-state index in [0.29, 0.717) is 61.7 Å². The Morgan fingerprint density at radius 3 is 2.61 bits per heavy atom. The molecular formula is C28H34ClN5O4. The van der Waals surface area contributed by atoms with Crippen molar-refractivity contribution in [1.82, 2.24) is 24.8 Å². The Morgan fingerprint density at radius 2 is 1.97 bits per heavy atom. The molecule has 2 aliphatic heterocycles. The van der Waals surface area contributed by atoms with Crippen LogP contribution in [-0.4, -0.2) is 75.6 Å². The summed E-state index contributed by atoms with van der Waals surface area (Å²) < 4.78 is 10.7. The van der Waals surface area contributed by atoms with Crippen LogP contribution in [0.15, 0.2) is 55.0 Å². The number of ether oxygens (including phenoxy) is 2. The molecule has 0 aromatic carbocycles. The van der Waals surface area contributed by atoms with Gasteiger partial charge in [0.25, 0.3) is 5.91 Å². The van der Waals surface area contributed by atoms with Crippen molar-refractivity contribution in [3.05, 3.63) is 71.5 Å². The summed E-state index contributed by atoms with van der Waals surface area (Å²) in [6, 6.07) is 3.58. The van der Waals surface area contributed by atoms with E-state index in [1.807, 2.05) is 31.7 Å². The molecule has 0 bridgehead atoms. The summed E-state index contributed by atoms with van der Waals surface area (Å²) in [6.07, 6.45) is 6.11.